The molecular formula is C10H9FN2O3. The zero-order valence-electron chi connectivity index (χ0n) is 8.69. The maximum atomic E-state index is 13.8. The predicted octanol–water partition coefficient (Wildman–Crippen LogP) is 1.42. The van der Waals surface area contributed by atoms with Crippen LogP contribution in [0, 0.1) is 5.82 Å². The molecule has 2 aromatic rings. The molecule has 0 radical (unpaired) electrons. The normalized spacial score (nSPS) is 10.7. The van der Waals surface area contributed by atoms with Gasteiger partial charge in [0.15, 0.2) is 11.6 Å². The number of rotatable bonds is 2. The minimum atomic E-state index is -1.23. The molecule has 1 heterocycles. The van der Waals surface area contributed by atoms with Crippen LogP contribution >= 0.6 is 0 Å². The fourth-order valence-corrected chi connectivity index (χ4v) is 1.59. The first-order chi connectivity index (χ1) is 7.54. The minimum absolute atomic E-state index is 0.101. The van der Waals surface area contributed by atoms with E-state index >= 15 is 0 Å². The molecular weight excluding hydrogens is 215 g/mol. The van der Waals surface area contributed by atoms with Crippen LogP contribution in [-0.4, -0.2) is 28.0 Å². The number of hydrogen-bond acceptors (Lipinski definition) is 3. The Balaban J connectivity index is 2.86. The molecule has 0 bridgehead atoms. The number of nitrogens with zero attached hydrogens (tertiary/aromatic N) is 2. The molecule has 0 saturated carbocycles. The largest absolute Gasteiger partial charge is 0.493 e. The van der Waals surface area contributed by atoms with Gasteiger partial charge in [-0.05, 0) is 6.07 Å². The molecule has 2 rings (SSSR count). The van der Waals surface area contributed by atoms with Gasteiger partial charge in [-0.3, -0.25) is 4.68 Å². The number of methoxy groups -OCH3 is 1. The first kappa shape index (κ1) is 10.4. The van der Waals surface area contributed by atoms with Gasteiger partial charge in [0.25, 0.3) is 0 Å². The number of aromatic carboxylic acids is 1. The Morgan fingerprint density at radius 1 is 1.62 bits per heavy atom. The molecule has 0 aliphatic carbocycles. The van der Waals surface area contributed by atoms with Gasteiger partial charge < -0.3 is 9.84 Å². The summed E-state index contributed by atoms with van der Waals surface area (Å²) in [6.45, 7) is 0. The Morgan fingerprint density at radius 2 is 2.31 bits per heavy atom. The number of carboxylic acid groups (broad SMARTS) is 1. The summed E-state index contributed by atoms with van der Waals surface area (Å²) in [7, 11) is 2.85. The van der Waals surface area contributed by atoms with Gasteiger partial charge in [0.2, 0.25) is 0 Å². The average molecular weight is 224 g/mol. The molecule has 0 saturated heterocycles. The first-order valence-corrected chi connectivity index (χ1v) is 4.47. The molecule has 0 spiro atoms. The van der Waals surface area contributed by atoms with E-state index in [4.69, 9.17) is 9.84 Å². The highest BCUT2D eigenvalue weighted by atomic mass is 19.1. The van der Waals surface area contributed by atoms with E-state index in [1.54, 1.807) is 13.2 Å². The second-order valence-electron chi connectivity index (χ2n) is 3.32. The number of carbonyl (C=O) groups is 1. The van der Waals surface area contributed by atoms with Crippen molar-refractivity contribution < 1.29 is 19.0 Å². The van der Waals surface area contributed by atoms with Crippen molar-refractivity contribution in [3.63, 3.8) is 0 Å². The lowest BCUT2D eigenvalue weighted by Gasteiger charge is -2.05. The van der Waals surface area contributed by atoms with Gasteiger partial charge in [-0.15, -0.1) is 0 Å². The van der Waals surface area contributed by atoms with Gasteiger partial charge >= 0.3 is 5.97 Å². The van der Waals surface area contributed by atoms with E-state index in [0.29, 0.717) is 5.39 Å². The minimum Gasteiger partial charge on any atom is -0.493 e. The standard InChI is InChI=1S/C10H9FN2O3/c1-13-4-5-3-6(10(14)15)9(16-2)7(11)8(5)12-13/h3-4H,1-2H3,(H,14,15). The Morgan fingerprint density at radius 3 is 2.88 bits per heavy atom. The van der Waals surface area contributed by atoms with Crippen molar-refractivity contribution in [1.82, 2.24) is 9.78 Å². The highest BCUT2D eigenvalue weighted by Crippen LogP contribution is 2.29. The van der Waals surface area contributed by atoms with Crippen LogP contribution in [0.3, 0.4) is 0 Å². The van der Waals surface area contributed by atoms with Crippen LogP contribution < -0.4 is 4.74 Å². The third kappa shape index (κ3) is 1.39. The number of benzene rings is 1. The molecule has 1 N–H and O–H groups in total. The lowest BCUT2D eigenvalue weighted by atomic mass is 10.1. The number of aryl methyl sites for hydroxylation is 1. The molecule has 0 unspecified atom stereocenters. The molecule has 0 fully saturated rings. The van der Waals surface area contributed by atoms with E-state index in [0.717, 1.165) is 0 Å². The molecule has 16 heavy (non-hydrogen) atoms. The fraction of sp³-hybridized carbons (Fsp3) is 0.200. The van der Waals surface area contributed by atoms with Gasteiger partial charge in [-0.1, -0.05) is 0 Å². The average Bonchev–Trinajstić information content (AvgIpc) is 2.58. The van der Waals surface area contributed by atoms with E-state index in [-0.39, 0.29) is 16.8 Å². The van der Waals surface area contributed by atoms with Crippen molar-refractivity contribution in [2.45, 2.75) is 0 Å². The third-order valence-electron chi connectivity index (χ3n) is 2.24. The summed E-state index contributed by atoms with van der Waals surface area (Å²) >= 11 is 0. The summed E-state index contributed by atoms with van der Waals surface area (Å²) in [5, 5.41) is 13.2. The Labute approximate surface area is 90.0 Å². The van der Waals surface area contributed by atoms with Crippen LogP contribution in [0.5, 0.6) is 5.75 Å². The van der Waals surface area contributed by atoms with Crippen LogP contribution in [-0.2, 0) is 7.05 Å². The van der Waals surface area contributed by atoms with Gasteiger partial charge in [-0.25, -0.2) is 9.18 Å². The number of halogens is 1. The topological polar surface area (TPSA) is 64.3 Å². The fourth-order valence-electron chi connectivity index (χ4n) is 1.59. The van der Waals surface area contributed by atoms with Crippen LogP contribution in [0.2, 0.25) is 0 Å². The van der Waals surface area contributed by atoms with Crippen molar-refractivity contribution in [3.05, 3.63) is 23.6 Å². The van der Waals surface area contributed by atoms with Crippen LogP contribution in [0.4, 0.5) is 4.39 Å². The molecule has 0 amide bonds. The van der Waals surface area contributed by atoms with E-state index < -0.39 is 11.8 Å². The summed E-state index contributed by atoms with van der Waals surface area (Å²) in [6, 6.07) is 1.34. The molecule has 0 aliphatic heterocycles. The van der Waals surface area contributed by atoms with Crippen LogP contribution in [0.25, 0.3) is 10.9 Å². The number of aromatic nitrogens is 2. The zero-order chi connectivity index (χ0) is 11.9. The number of ether oxygens (including phenoxy) is 1. The lowest BCUT2D eigenvalue weighted by Crippen LogP contribution is -2.03. The van der Waals surface area contributed by atoms with Crippen molar-refractivity contribution in [2.75, 3.05) is 7.11 Å². The van der Waals surface area contributed by atoms with Gasteiger partial charge in [0.1, 0.15) is 11.1 Å². The third-order valence-corrected chi connectivity index (χ3v) is 2.24. The number of carboxylic acids is 1. The van der Waals surface area contributed by atoms with Gasteiger partial charge in [0, 0.05) is 18.6 Å². The second-order valence-corrected chi connectivity index (χ2v) is 3.32. The molecule has 1 aromatic heterocycles. The van der Waals surface area contributed by atoms with Crippen molar-refractivity contribution >= 4 is 16.9 Å². The summed E-state index contributed by atoms with van der Waals surface area (Å²) in [5.74, 6) is -2.28. The number of fused-ring (bicyclic) bond motifs is 1. The molecule has 5 nitrogen and oxygen atoms in total. The summed E-state index contributed by atoms with van der Waals surface area (Å²) in [5.41, 5.74) is -0.107. The van der Waals surface area contributed by atoms with Crippen LogP contribution in [0.1, 0.15) is 10.4 Å². The van der Waals surface area contributed by atoms with Crippen molar-refractivity contribution in [3.8, 4) is 5.75 Å². The van der Waals surface area contributed by atoms with Gasteiger partial charge in [-0.2, -0.15) is 5.10 Å². The molecule has 0 atom stereocenters. The van der Waals surface area contributed by atoms with Gasteiger partial charge in [0.05, 0.1) is 7.11 Å². The number of hydrogen-bond donors (Lipinski definition) is 1. The monoisotopic (exact) mass is 224 g/mol. The van der Waals surface area contributed by atoms with E-state index in [2.05, 4.69) is 5.10 Å². The summed E-state index contributed by atoms with van der Waals surface area (Å²) in [6.07, 6.45) is 1.55. The first-order valence-electron chi connectivity index (χ1n) is 4.47. The maximum Gasteiger partial charge on any atom is 0.339 e. The van der Waals surface area contributed by atoms with E-state index in [1.165, 1.54) is 17.9 Å². The Kier molecular flexibility index (Phi) is 2.26. The van der Waals surface area contributed by atoms with Crippen LogP contribution in [0.15, 0.2) is 12.3 Å². The summed E-state index contributed by atoms with van der Waals surface area (Å²) in [4.78, 5) is 10.9. The second kappa shape index (κ2) is 3.48. The maximum absolute atomic E-state index is 13.8. The Bertz CT molecular complexity index is 577. The van der Waals surface area contributed by atoms with E-state index in [1.807, 2.05) is 0 Å². The molecule has 6 heteroatoms. The highest BCUT2D eigenvalue weighted by molar-refractivity contribution is 5.97. The predicted molar refractivity (Wildman–Crippen MR) is 54.2 cm³/mol. The Hall–Kier alpha value is -2.11. The highest BCUT2D eigenvalue weighted by Gasteiger charge is 2.20. The molecule has 84 valence electrons. The summed E-state index contributed by atoms with van der Waals surface area (Å²) < 4.78 is 20.0. The van der Waals surface area contributed by atoms with E-state index in [9.17, 15) is 9.18 Å². The smallest absolute Gasteiger partial charge is 0.339 e. The lowest BCUT2D eigenvalue weighted by molar-refractivity contribution is 0.0692. The quantitative estimate of drug-likeness (QED) is 0.837. The zero-order valence-corrected chi connectivity index (χ0v) is 8.69. The molecule has 1 aromatic carbocycles. The SMILES string of the molecule is COc1c(C(=O)O)cc2cn(C)nc2c1F. The van der Waals surface area contributed by atoms with Crippen molar-refractivity contribution in [1.29, 1.82) is 0 Å². The van der Waals surface area contributed by atoms with Crippen molar-refractivity contribution in [2.24, 2.45) is 7.05 Å². The molecule has 0 aliphatic rings.